The molecule has 1 saturated heterocycles. The smallest absolute Gasteiger partial charge is 0.408 e. The van der Waals surface area contributed by atoms with Crippen molar-refractivity contribution in [2.75, 3.05) is 0 Å². The molecule has 5 heteroatoms. The minimum atomic E-state index is -0.419. The third-order valence-electron chi connectivity index (χ3n) is 2.38. The van der Waals surface area contributed by atoms with E-state index in [4.69, 9.17) is 4.74 Å². The molecular weight excluding hydrogens is 272 g/mol. The number of cyclic esters (lactones) is 1. The Balaban J connectivity index is 2.32. The lowest BCUT2D eigenvalue weighted by Gasteiger charge is -2.16. The van der Waals surface area contributed by atoms with Crippen molar-refractivity contribution < 1.29 is 9.53 Å². The summed E-state index contributed by atoms with van der Waals surface area (Å²) in [5.74, 6) is 0. The van der Waals surface area contributed by atoms with E-state index < -0.39 is 6.09 Å². The molecule has 0 radical (unpaired) electrons. The van der Waals surface area contributed by atoms with Crippen LogP contribution < -0.4 is 5.32 Å². The average molecular weight is 283 g/mol. The second kappa shape index (κ2) is 4.25. The highest BCUT2D eigenvalue weighted by molar-refractivity contribution is 9.10. The van der Waals surface area contributed by atoms with Crippen LogP contribution in [-0.2, 0) is 4.74 Å². The summed E-state index contributed by atoms with van der Waals surface area (Å²) in [6.45, 7) is 5.66. The summed E-state index contributed by atoms with van der Waals surface area (Å²) in [7, 11) is 0. The number of carbonyl (C=O) groups excluding carboxylic acids is 1. The van der Waals surface area contributed by atoms with E-state index >= 15 is 0 Å². The number of carbonyl (C=O) groups is 1. The van der Waals surface area contributed by atoms with Crippen LogP contribution in [0.4, 0.5) is 4.79 Å². The maximum Gasteiger partial charge on any atom is 0.408 e. The zero-order valence-corrected chi connectivity index (χ0v) is 10.3. The normalized spacial score (nSPS) is 23.8. The fourth-order valence-corrected chi connectivity index (χ4v) is 2.04. The third-order valence-corrected chi connectivity index (χ3v) is 2.81. The Morgan fingerprint density at radius 3 is 3.00 bits per heavy atom. The van der Waals surface area contributed by atoms with Gasteiger partial charge in [0.1, 0.15) is 6.10 Å². The third kappa shape index (κ3) is 2.09. The number of pyridine rings is 1. The van der Waals surface area contributed by atoms with Gasteiger partial charge < -0.3 is 10.1 Å². The number of nitrogens with one attached hydrogen (secondary N) is 1. The molecule has 2 rings (SSSR count). The molecule has 4 nitrogen and oxygen atoms in total. The van der Waals surface area contributed by atoms with E-state index in [1.54, 1.807) is 12.4 Å². The lowest BCUT2D eigenvalue weighted by atomic mass is 10.00. The highest BCUT2D eigenvalue weighted by atomic mass is 79.9. The van der Waals surface area contributed by atoms with Crippen LogP contribution in [0.1, 0.15) is 18.5 Å². The molecule has 1 aliphatic rings. The fourth-order valence-electron chi connectivity index (χ4n) is 1.66. The molecule has 0 saturated carbocycles. The van der Waals surface area contributed by atoms with E-state index in [-0.39, 0.29) is 12.1 Å². The van der Waals surface area contributed by atoms with Gasteiger partial charge in [-0.1, -0.05) is 6.58 Å². The maximum atomic E-state index is 11.2. The van der Waals surface area contributed by atoms with Crippen molar-refractivity contribution in [3.8, 4) is 0 Å². The van der Waals surface area contributed by atoms with Gasteiger partial charge in [-0.15, -0.1) is 0 Å². The zero-order chi connectivity index (χ0) is 11.7. The van der Waals surface area contributed by atoms with Crippen LogP contribution in [0.25, 0.3) is 0 Å². The number of halogens is 1. The summed E-state index contributed by atoms with van der Waals surface area (Å²) in [6, 6.07) is 1.69. The molecule has 1 aromatic rings. The van der Waals surface area contributed by atoms with Gasteiger partial charge in [-0.3, -0.25) is 4.98 Å². The Labute approximate surface area is 102 Å². The number of hydrogen-bond donors (Lipinski definition) is 1. The molecule has 16 heavy (non-hydrogen) atoms. The molecule has 2 heterocycles. The van der Waals surface area contributed by atoms with Crippen LogP contribution in [0, 0.1) is 0 Å². The molecule has 1 unspecified atom stereocenters. The molecule has 2 atom stereocenters. The molecule has 1 aromatic heterocycles. The molecule has 1 fully saturated rings. The number of rotatable bonds is 2. The van der Waals surface area contributed by atoms with Crippen LogP contribution in [0.5, 0.6) is 0 Å². The van der Waals surface area contributed by atoms with Crippen molar-refractivity contribution in [1.29, 1.82) is 0 Å². The van der Waals surface area contributed by atoms with E-state index in [1.165, 1.54) is 0 Å². The van der Waals surface area contributed by atoms with Crippen molar-refractivity contribution in [2.24, 2.45) is 0 Å². The molecule has 1 amide bonds. The summed E-state index contributed by atoms with van der Waals surface area (Å²) >= 11 is 3.34. The summed E-state index contributed by atoms with van der Waals surface area (Å²) in [5.41, 5.74) is 1.71. The van der Waals surface area contributed by atoms with Gasteiger partial charge in [-0.2, -0.15) is 0 Å². The number of amides is 1. The van der Waals surface area contributed by atoms with Gasteiger partial charge >= 0.3 is 6.09 Å². The largest absolute Gasteiger partial charge is 0.439 e. The molecule has 0 aliphatic carbocycles. The van der Waals surface area contributed by atoms with Crippen molar-refractivity contribution in [3.63, 3.8) is 0 Å². The number of alkyl carbamates (subject to hydrolysis) is 1. The van der Waals surface area contributed by atoms with E-state index in [1.807, 2.05) is 13.0 Å². The summed E-state index contributed by atoms with van der Waals surface area (Å²) in [4.78, 5) is 15.3. The SMILES string of the molecule is C=C(C)[C@H]1OC(=O)NC1c1cncc(Br)c1. The lowest BCUT2D eigenvalue weighted by Crippen LogP contribution is -2.23. The minimum Gasteiger partial charge on any atom is -0.439 e. The quantitative estimate of drug-likeness (QED) is 0.849. The summed E-state index contributed by atoms with van der Waals surface area (Å²) in [5, 5.41) is 2.75. The van der Waals surface area contributed by atoms with E-state index in [9.17, 15) is 4.79 Å². The number of aromatic nitrogens is 1. The molecule has 1 N–H and O–H groups in total. The Hall–Kier alpha value is -1.36. The van der Waals surface area contributed by atoms with Gasteiger partial charge in [-0.25, -0.2) is 4.79 Å². The second-order valence-electron chi connectivity index (χ2n) is 3.73. The lowest BCUT2D eigenvalue weighted by molar-refractivity contribution is 0.148. The topological polar surface area (TPSA) is 51.2 Å². The van der Waals surface area contributed by atoms with Crippen LogP contribution in [0.15, 0.2) is 35.1 Å². The van der Waals surface area contributed by atoms with Crippen molar-refractivity contribution in [1.82, 2.24) is 10.3 Å². The van der Waals surface area contributed by atoms with E-state index in [0.717, 1.165) is 15.6 Å². The van der Waals surface area contributed by atoms with Crippen LogP contribution >= 0.6 is 15.9 Å². The van der Waals surface area contributed by atoms with Gasteiger partial charge in [0.2, 0.25) is 0 Å². The molecule has 1 aliphatic heterocycles. The minimum absolute atomic E-state index is 0.213. The first-order valence-corrected chi connectivity index (χ1v) is 5.60. The average Bonchev–Trinajstić information content (AvgIpc) is 2.60. The first-order valence-electron chi connectivity index (χ1n) is 4.81. The fraction of sp³-hybridized carbons (Fsp3) is 0.273. The van der Waals surface area contributed by atoms with Gasteiger partial charge in [0.25, 0.3) is 0 Å². The molecule has 0 spiro atoms. The van der Waals surface area contributed by atoms with Gasteiger partial charge in [0.05, 0.1) is 6.04 Å². The number of nitrogens with zero attached hydrogens (tertiary/aromatic N) is 1. The molecule has 84 valence electrons. The first kappa shape index (κ1) is 11.1. The second-order valence-corrected chi connectivity index (χ2v) is 4.65. The predicted molar refractivity (Wildman–Crippen MR) is 62.9 cm³/mol. The van der Waals surface area contributed by atoms with Gasteiger partial charge in [0.15, 0.2) is 0 Å². The summed E-state index contributed by atoms with van der Waals surface area (Å²) < 4.78 is 6.00. The Kier molecular flexibility index (Phi) is 2.96. The van der Waals surface area contributed by atoms with Crippen molar-refractivity contribution in [3.05, 3.63) is 40.6 Å². The maximum absolute atomic E-state index is 11.2. The highest BCUT2D eigenvalue weighted by Gasteiger charge is 2.35. The first-order chi connectivity index (χ1) is 7.58. The van der Waals surface area contributed by atoms with Crippen LogP contribution in [0.2, 0.25) is 0 Å². The highest BCUT2D eigenvalue weighted by Crippen LogP contribution is 2.29. The monoisotopic (exact) mass is 282 g/mol. The molecule has 0 bridgehead atoms. The Bertz CT molecular complexity index is 447. The van der Waals surface area contributed by atoms with Gasteiger partial charge in [-0.05, 0) is 40.1 Å². The van der Waals surface area contributed by atoms with E-state index in [2.05, 4.69) is 32.8 Å². The van der Waals surface area contributed by atoms with E-state index in [0.29, 0.717) is 0 Å². The number of hydrogen-bond acceptors (Lipinski definition) is 3. The number of ether oxygens (including phenoxy) is 1. The molecule has 0 aromatic carbocycles. The standard InChI is InChI=1S/C11H11BrN2O2/c1-6(2)10-9(14-11(15)16-10)7-3-8(12)5-13-4-7/h3-5,9-10H,1H2,2H3,(H,14,15)/t9?,10-/m1/s1. The molecular formula is C11H11BrN2O2. The van der Waals surface area contributed by atoms with Crippen LogP contribution in [-0.4, -0.2) is 17.2 Å². The van der Waals surface area contributed by atoms with Crippen LogP contribution in [0.3, 0.4) is 0 Å². The Morgan fingerprint density at radius 2 is 2.38 bits per heavy atom. The zero-order valence-electron chi connectivity index (χ0n) is 8.74. The Morgan fingerprint density at radius 1 is 1.62 bits per heavy atom. The van der Waals surface area contributed by atoms with Crippen molar-refractivity contribution >= 4 is 22.0 Å². The predicted octanol–water partition coefficient (Wildman–Crippen LogP) is 2.57. The summed E-state index contributed by atoms with van der Waals surface area (Å²) in [6.07, 6.45) is 2.65. The van der Waals surface area contributed by atoms with Gasteiger partial charge in [0, 0.05) is 16.9 Å². The van der Waals surface area contributed by atoms with Crippen molar-refractivity contribution in [2.45, 2.75) is 19.1 Å².